The Bertz CT molecular complexity index is 880. The third-order valence-electron chi connectivity index (χ3n) is 4.51. The predicted molar refractivity (Wildman–Crippen MR) is 108 cm³/mol. The number of rotatable bonds is 6. The zero-order chi connectivity index (χ0) is 19.3. The smallest absolute Gasteiger partial charge is 0.243 e. The second-order valence-corrected chi connectivity index (χ2v) is 8.94. The molecule has 0 radical (unpaired) electrons. The fraction of sp³-hybridized carbons (Fsp3) is 0.316. The topological polar surface area (TPSA) is 69.7 Å². The van der Waals surface area contributed by atoms with Crippen molar-refractivity contribution in [3.8, 4) is 0 Å². The molecular formula is C19H23N3O3S2. The molecule has 144 valence electrons. The summed E-state index contributed by atoms with van der Waals surface area (Å²) in [5, 5.41) is 3.18. The van der Waals surface area contributed by atoms with Gasteiger partial charge in [-0.3, -0.25) is 4.79 Å². The molecule has 2 aromatic rings. The van der Waals surface area contributed by atoms with E-state index in [9.17, 15) is 13.2 Å². The van der Waals surface area contributed by atoms with Crippen molar-refractivity contribution in [2.75, 3.05) is 44.3 Å². The summed E-state index contributed by atoms with van der Waals surface area (Å²) in [4.78, 5) is 15.6. The minimum atomic E-state index is -3.50. The Labute approximate surface area is 164 Å². The standard InChI is InChI=1S/C19H23N3O3S2/c1-26-18-10-6-5-9-17(18)20-15-19(23)21-11-13-22(14-12-21)27(24,25)16-7-3-2-4-8-16/h2-10,20H,11-15H2,1H3. The average Bonchev–Trinajstić information content (AvgIpc) is 2.73. The number of para-hydroxylation sites is 1. The van der Waals surface area contributed by atoms with Gasteiger partial charge in [-0.25, -0.2) is 8.42 Å². The van der Waals surface area contributed by atoms with Gasteiger partial charge in [-0.1, -0.05) is 30.3 Å². The normalized spacial score (nSPS) is 15.5. The van der Waals surface area contributed by atoms with Crippen LogP contribution in [0.4, 0.5) is 5.69 Å². The maximum absolute atomic E-state index is 12.7. The average molecular weight is 406 g/mol. The third-order valence-corrected chi connectivity index (χ3v) is 7.22. The maximum Gasteiger partial charge on any atom is 0.243 e. The molecule has 2 aromatic carbocycles. The van der Waals surface area contributed by atoms with Gasteiger partial charge in [0.15, 0.2) is 0 Å². The van der Waals surface area contributed by atoms with Gasteiger partial charge in [0, 0.05) is 36.8 Å². The summed E-state index contributed by atoms with van der Waals surface area (Å²) in [6.45, 7) is 1.62. The minimum absolute atomic E-state index is 0.0253. The first kappa shape index (κ1) is 19.7. The van der Waals surface area contributed by atoms with Crippen molar-refractivity contribution < 1.29 is 13.2 Å². The van der Waals surface area contributed by atoms with Gasteiger partial charge in [-0.15, -0.1) is 11.8 Å². The Morgan fingerprint density at radius 1 is 1.00 bits per heavy atom. The number of hydrogen-bond donors (Lipinski definition) is 1. The van der Waals surface area contributed by atoms with Crippen LogP contribution in [0, 0.1) is 0 Å². The van der Waals surface area contributed by atoms with E-state index in [1.54, 1.807) is 47.0 Å². The Balaban J connectivity index is 1.55. The Morgan fingerprint density at radius 3 is 2.30 bits per heavy atom. The van der Waals surface area contributed by atoms with Gasteiger partial charge in [0.1, 0.15) is 0 Å². The number of anilines is 1. The minimum Gasteiger partial charge on any atom is -0.375 e. The summed E-state index contributed by atoms with van der Waals surface area (Å²) in [6.07, 6.45) is 1.99. The van der Waals surface area contributed by atoms with E-state index >= 15 is 0 Å². The Morgan fingerprint density at radius 2 is 1.63 bits per heavy atom. The van der Waals surface area contributed by atoms with Crippen LogP contribution in [0.2, 0.25) is 0 Å². The number of thioether (sulfide) groups is 1. The van der Waals surface area contributed by atoms with Crippen LogP contribution >= 0.6 is 11.8 Å². The molecule has 1 N–H and O–H groups in total. The van der Waals surface area contributed by atoms with Crippen molar-refractivity contribution in [3.63, 3.8) is 0 Å². The second-order valence-electron chi connectivity index (χ2n) is 6.15. The van der Waals surface area contributed by atoms with Gasteiger partial charge in [0.2, 0.25) is 15.9 Å². The monoisotopic (exact) mass is 405 g/mol. The highest BCUT2D eigenvalue weighted by Gasteiger charge is 2.29. The van der Waals surface area contributed by atoms with Crippen molar-refractivity contribution in [1.29, 1.82) is 0 Å². The zero-order valence-corrected chi connectivity index (χ0v) is 16.8. The van der Waals surface area contributed by atoms with Gasteiger partial charge in [-0.05, 0) is 30.5 Å². The highest BCUT2D eigenvalue weighted by molar-refractivity contribution is 7.98. The first-order chi connectivity index (χ1) is 13.0. The van der Waals surface area contributed by atoms with Crippen molar-refractivity contribution in [2.24, 2.45) is 0 Å². The number of sulfonamides is 1. The van der Waals surface area contributed by atoms with Crippen molar-refractivity contribution in [3.05, 3.63) is 54.6 Å². The van der Waals surface area contributed by atoms with E-state index in [1.807, 2.05) is 30.5 Å². The molecule has 0 aliphatic carbocycles. The molecule has 0 atom stereocenters. The summed E-state index contributed by atoms with van der Waals surface area (Å²) in [7, 11) is -3.50. The van der Waals surface area contributed by atoms with Gasteiger partial charge in [0.05, 0.1) is 11.4 Å². The van der Waals surface area contributed by atoms with Crippen molar-refractivity contribution in [1.82, 2.24) is 9.21 Å². The molecule has 27 heavy (non-hydrogen) atoms. The molecule has 1 heterocycles. The van der Waals surface area contributed by atoms with Gasteiger partial charge >= 0.3 is 0 Å². The fourth-order valence-electron chi connectivity index (χ4n) is 2.99. The van der Waals surface area contributed by atoms with Crippen LogP contribution < -0.4 is 5.32 Å². The van der Waals surface area contributed by atoms with Gasteiger partial charge in [0.25, 0.3) is 0 Å². The van der Waals surface area contributed by atoms with E-state index < -0.39 is 10.0 Å². The molecule has 8 heteroatoms. The number of benzene rings is 2. The third kappa shape index (κ3) is 4.63. The molecule has 1 saturated heterocycles. The number of hydrogen-bond acceptors (Lipinski definition) is 5. The summed E-state index contributed by atoms with van der Waals surface area (Å²) in [5.41, 5.74) is 0.934. The Hall–Kier alpha value is -2.03. The van der Waals surface area contributed by atoms with E-state index in [0.717, 1.165) is 10.6 Å². The lowest BCUT2D eigenvalue weighted by Gasteiger charge is -2.34. The van der Waals surface area contributed by atoms with E-state index in [2.05, 4.69) is 5.32 Å². The van der Waals surface area contributed by atoms with Gasteiger partial charge < -0.3 is 10.2 Å². The lowest BCUT2D eigenvalue weighted by atomic mass is 10.3. The molecule has 1 fully saturated rings. The quantitative estimate of drug-likeness (QED) is 0.747. The number of nitrogens with zero attached hydrogens (tertiary/aromatic N) is 2. The van der Waals surface area contributed by atoms with Crippen molar-refractivity contribution >= 4 is 33.4 Å². The lowest BCUT2D eigenvalue weighted by molar-refractivity contribution is -0.130. The molecule has 1 aliphatic rings. The molecule has 0 bridgehead atoms. The van der Waals surface area contributed by atoms with E-state index in [-0.39, 0.29) is 12.5 Å². The van der Waals surface area contributed by atoms with Crippen LogP contribution in [-0.4, -0.2) is 62.5 Å². The molecule has 6 nitrogen and oxygen atoms in total. The zero-order valence-electron chi connectivity index (χ0n) is 15.2. The summed E-state index contributed by atoms with van der Waals surface area (Å²) in [5.74, 6) is -0.0253. The van der Waals surface area contributed by atoms with Crippen LogP contribution in [0.25, 0.3) is 0 Å². The predicted octanol–water partition coefficient (Wildman–Crippen LogP) is 2.35. The van der Waals surface area contributed by atoms with E-state index in [4.69, 9.17) is 0 Å². The fourth-order valence-corrected chi connectivity index (χ4v) is 5.01. The van der Waals surface area contributed by atoms with Crippen LogP contribution in [-0.2, 0) is 14.8 Å². The lowest BCUT2D eigenvalue weighted by Crippen LogP contribution is -2.51. The molecule has 0 saturated carbocycles. The molecule has 0 unspecified atom stereocenters. The summed E-state index contributed by atoms with van der Waals surface area (Å²) >= 11 is 1.62. The summed E-state index contributed by atoms with van der Waals surface area (Å²) < 4.78 is 26.8. The number of carbonyl (C=O) groups is 1. The molecule has 1 amide bonds. The Kier molecular flexibility index (Phi) is 6.41. The second kappa shape index (κ2) is 8.77. The highest BCUT2D eigenvalue weighted by atomic mass is 32.2. The molecular weight excluding hydrogens is 382 g/mol. The maximum atomic E-state index is 12.7. The number of carbonyl (C=O) groups excluding carboxylic acids is 1. The first-order valence-electron chi connectivity index (χ1n) is 8.72. The number of nitrogens with one attached hydrogen (secondary N) is 1. The van der Waals surface area contributed by atoms with Crippen LogP contribution in [0.15, 0.2) is 64.4 Å². The number of piperazine rings is 1. The number of amides is 1. The molecule has 1 aliphatic heterocycles. The SMILES string of the molecule is CSc1ccccc1NCC(=O)N1CCN(S(=O)(=O)c2ccccc2)CC1. The van der Waals surface area contributed by atoms with E-state index in [1.165, 1.54) is 4.31 Å². The largest absolute Gasteiger partial charge is 0.375 e. The van der Waals surface area contributed by atoms with Crippen LogP contribution in [0.3, 0.4) is 0 Å². The molecule has 0 spiro atoms. The van der Waals surface area contributed by atoms with Crippen LogP contribution in [0.5, 0.6) is 0 Å². The van der Waals surface area contributed by atoms with E-state index in [0.29, 0.717) is 31.1 Å². The van der Waals surface area contributed by atoms with Crippen molar-refractivity contribution in [2.45, 2.75) is 9.79 Å². The first-order valence-corrected chi connectivity index (χ1v) is 11.4. The highest BCUT2D eigenvalue weighted by Crippen LogP contribution is 2.24. The molecule has 3 rings (SSSR count). The summed E-state index contributed by atoms with van der Waals surface area (Å²) in [6, 6.07) is 16.3. The molecule has 0 aromatic heterocycles. The van der Waals surface area contributed by atoms with Crippen LogP contribution in [0.1, 0.15) is 0 Å². The van der Waals surface area contributed by atoms with Gasteiger partial charge in [-0.2, -0.15) is 4.31 Å².